The summed E-state index contributed by atoms with van der Waals surface area (Å²) in [6.45, 7) is 2.02. The number of halogens is 3. The second-order valence-corrected chi connectivity index (χ2v) is 9.37. The second kappa shape index (κ2) is 8.45. The average molecular weight is 528 g/mol. The normalized spacial score (nSPS) is 16.6. The molecular formula is C24H19F2IN4. The van der Waals surface area contributed by atoms with Crippen LogP contribution in [0.15, 0.2) is 60.9 Å². The van der Waals surface area contributed by atoms with E-state index in [1.165, 1.54) is 36.9 Å². The van der Waals surface area contributed by atoms with Gasteiger partial charge in [-0.1, -0.05) is 28.7 Å². The summed E-state index contributed by atoms with van der Waals surface area (Å²) in [6, 6.07) is 13.2. The zero-order valence-corrected chi connectivity index (χ0v) is 18.8. The van der Waals surface area contributed by atoms with Gasteiger partial charge in [-0.05, 0) is 55.3 Å². The first-order chi connectivity index (χ1) is 15.1. The molecule has 2 aromatic heterocycles. The van der Waals surface area contributed by atoms with Gasteiger partial charge in [-0.15, -0.1) is 0 Å². The van der Waals surface area contributed by atoms with Crippen molar-refractivity contribution in [3.63, 3.8) is 0 Å². The summed E-state index contributed by atoms with van der Waals surface area (Å²) in [6.07, 6.45) is 5.77. The number of pyridine rings is 1. The Morgan fingerprint density at radius 1 is 0.968 bits per heavy atom. The lowest BCUT2D eigenvalue weighted by molar-refractivity contribution is 0.588. The Labute approximate surface area is 192 Å². The number of rotatable bonds is 3. The molecule has 0 radical (unpaired) electrons. The molecule has 1 aliphatic heterocycles. The van der Waals surface area contributed by atoms with E-state index in [9.17, 15) is 8.78 Å². The lowest BCUT2D eigenvalue weighted by atomic mass is 10.1. The summed E-state index contributed by atoms with van der Waals surface area (Å²) in [5.41, 5.74) is 2.90. The molecule has 5 rings (SSSR count). The van der Waals surface area contributed by atoms with Crippen LogP contribution in [0, 0.1) is 11.6 Å². The van der Waals surface area contributed by atoms with Crippen LogP contribution in [0.2, 0.25) is 0 Å². The van der Waals surface area contributed by atoms with E-state index in [0.29, 0.717) is 9.75 Å². The molecule has 1 aliphatic rings. The van der Waals surface area contributed by atoms with Crippen molar-refractivity contribution >= 4 is 39.2 Å². The average Bonchev–Trinajstić information content (AvgIpc) is 2.78. The van der Waals surface area contributed by atoms with Gasteiger partial charge in [0.2, 0.25) is 0 Å². The molecule has 1 fully saturated rings. The van der Waals surface area contributed by atoms with E-state index in [-0.39, 0.29) is 11.3 Å². The molecule has 31 heavy (non-hydrogen) atoms. The minimum absolute atomic E-state index is 0.143. The Balaban J connectivity index is 1.59. The maximum Gasteiger partial charge on any atom is 0.159 e. The summed E-state index contributed by atoms with van der Waals surface area (Å²) in [5, 5.41) is 1.02. The largest absolute Gasteiger partial charge is 0.370 e. The van der Waals surface area contributed by atoms with Gasteiger partial charge in [-0.2, -0.15) is 0 Å². The Kier molecular flexibility index (Phi) is 5.52. The molecule has 1 saturated heterocycles. The molecule has 0 amide bonds. The summed E-state index contributed by atoms with van der Waals surface area (Å²) < 4.78 is 29.1. The molecule has 0 spiro atoms. The predicted molar refractivity (Wildman–Crippen MR) is 127 cm³/mol. The van der Waals surface area contributed by atoms with Crippen LogP contribution in [-0.4, -0.2) is 32.0 Å². The summed E-state index contributed by atoms with van der Waals surface area (Å²) in [4.78, 5) is 15.7. The van der Waals surface area contributed by atoms with Crippen molar-refractivity contribution in [2.24, 2.45) is 0 Å². The van der Waals surface area contributed by atoms with Crippen LogP contribution in [0.3, 0.4) is 0 Å². The first-order valence-electron chi connectivity index (χ1n) is 10.2. The quantitative estimate of drug-likeness (QED) is 0.240. The molecule has 0 bridgehead atoms. The number of hydrogen-bond donors (Lipinski definition) is 0. The minimum Gasteiger partial charge on any atom is -0.370 e. The smallest absolute Gasteiger partial charge is 0.159 e. The molecule has 0 N–H and O–H groups in total. The number of anilines is 1. The number of alkyl halides is 1. The molecule has 7 heteroatoms. The monoisotopic (exact) mass is 528 g/mol. The lowest BCUT2D eigenvalue weighted by Gasteiger charge is -2.32. The lowest BCUT2D eigenvalue weighted by Crippen LogP contribution is -2.35. The van der Waals surface area contributed by atoms with Gasteiger partial charge in [-0.25, -0.2) is 18.7 Å². The fraction of sp³-hybridized carbons (Fsp3) is 0.208. The summed E-state index contributed by atoms with van der Waals surface area (Å²) in [5.74, 6) is -0.872. The first kappa shape index (κ1) is 20.2. The fourth-order valence-corrected chi connectivity index (χ4v) is 4.99. The van der Waals surface area contributed by atoms with Gasteiger partial charge >= 0.3 is 0 Å². The van der Waals surface area contributed by atoms with E-state index in [1.807, 2.05) is 30.5 Å². The van der Waals surface area contributed by atoms with Crippen LogP contribution in [0.1, 0.15) is 12.8 Å². The van der Waals surface area contributed by atoms with Gasteiger partial charge in [0, 0.05) is 46.0 Å². The number of nitrogens with zero attached hydrogens (tertiary/aromatic N) is 4. The van der Waals surface area contributed by atoms with E-state index in [2.05, 4.69) is 42.4 Å². The molecule has 1 atom stereocenters. The van der Waals surface area contributed by atoms with Gasteiger partial charge in [-0.3, -0.25) is 4.98 Å². The first-order valence-corrected chi connectivity index (χ1v) is 11.4. The van der Waals surface area contributed by atoms with Gasteiger partial charge in [0.1, 0.15) is 11.6 Å². The van der Waals surface area contributed by atoms with Gasteiger partial charge in [0.15, 0.2) is 5.82 Å². The van der Waals surface area contributed by atoms with Crippen molar-refractivity contribution in [3.8, 4) is 22.6 Å². The second-order valence-electron chi connectivity index (χ2n) is 7.61. The Morgan fingerprint density at radius 3 is 2.58 bits per heavy atom. The van der Waals surface area contributed by atoms with Crippen LogP contribution in [0.4, 0.5) is 14.5 Å². The number of hydrogen-bond acceptors (Lipinski definition) is 4. The molecule has 3 heterocycles. The van der Waals surface area contributed by atoms with E-state index in [0.717, 1.165) is 41.7 Å². The van der Waals surface area contributed by atoms with E-state index in [4.69, 9.17) is 0 Å². The SMILES string of the molecule is Fc1cccc(F)c1-c1ccnc(-c2ccc3nccc(N4CCCC(I)C4)c3c2)n1. The third kappa shape index (κ3) is 3.98. The maximum atomic E-state index is 14.3. The van der Waals surface area contributed by atoms with Crippen LogP contribution < -0.4 is 4.90 Å². The van der Waals surface area contributed by atoms with Crippen molar-refractivity contribution in [2.45, 2.75) is 16.8 Å². The Morgan fingerprint density at radius 2 is 1.77 bits per heavy atom. The highest BCUT2D eigenvalue weighted by molar-refractivity contribution is 14.1. The van der Waals surface area contributed by atoms with Crippen molar-refractivity contribution < 1.29 is 8.78 Å². The van der Waals surface area contributed by atoms with Gasteiger partial charge < -0.3 is 4.90 Å². The number of benzene rings is 2. The molecule has 156 valence electrons. The van der Waals surface area contributed by atoms with Gasteiger partial charge in [0.05, 0.1) is 16.8 Å². The van der Waals surface area contributed by atoms with E-state index in [1.54, 1.807) is 0 Å². The predicted octanol–water partition coefficient (Wildman–Crippen LogP) is 6.04. The molecule has 4 nitrogen and oxygen atoms in total. The van der Waals surface area contributed by atoms with Crippen LogP contribution in [0.5, 0.6) is 0 Å². The van der Waals surface area contributed by atoms with Crippen LogP contribution >= 0.6 is 22.6 Å². The third-order valence-corrected chi connectivity index (χ3v) is 6.57. The topological polar surface area (TPSA) is 41.9 Å². The third-order valence-electron chi connectivity index (χ3n) is 5.56. The molecule has 2 aromatic carbocycles. The van der Waals surface area contributed by atoms with E-state index >= 15 is 0 Å². The standard InChI is InChI=1S/C24H19F2IN4/c25-18-4-1-5-19(26)23(18)21-8-10-29-24(30-21)15-6-7-20-17(13-15)22(9-11-28-20)31-12-2-3-16(27)14-31/h1,4-11,13,16H,2-3,12,14H2. The zero-order chi connectivity index (χ0) is 21.4. The maximum absolute atomic E-state index is 14.3. The van der Waals surface area contributed by atoms with Crippen molar-refractivity contribution in [3.05, 3.63) is 72.6 Å². The highest BCUT2D eigenvalue weighted by Gasteiger charge is 2.20. The molecule has 0 aliphatic carbocycles. The number of piperidine rings is 1. The molecule has 4 aromatic rings. The summed E-state index contributed by atoms with van der Waals surface area (Å²) >= 11 is 2.51. The molecule has 1 unspecified atom stereocenters. The molecular weight excluding hydrogens is 509 g/mol. The molecule has 0 saturated carbocycles. The Bertz CT molecular complexity index is 1240. The number of fused-ring (bicyclic) bond motifs is 1. The summed E-state index contributed by atoms with van der Waals surface area (Å²) in [7, 11) is 0. The zero-order valence-electron chi connectivity index (χ0n) is 16.6. The van der Waals surface area contributed by atoms with Crippen LogP contribution in [0.25, 0.3) is 33.5 Å². The highest BCUT2D eigenvalue weighted by atomic mass is 127. The van der Waals surface area contributed by atoms with E-state index < -0.39 is 11.6 Å². The van der Waals surface area contributed by atoms with Crippen molar-refractivity contribution in [2.75, 3.05) is 18.0 Å². The Hall–Kier alpha value is -2.68. The number of aromatic nitrogens is 3. The van der Waals surface area contributed by atoms with Gasteiger partial charge in [0.25, 0.3) is 0 Å². The highest BCUT2D eigenvalue weighted by Crippen LogP contribution is 2.32. The minimum atomic E-state index is -0.645. The van der Waals surface area contributed by atoms with Crippen molar-refractivity contribution in [1.82, 2.24) is 15.0 Å². The van der Waals surface area contributed by atoms with Crippen molar-refractivity contribution in [1.29, 1.82) is 0 Å². The fourth-order valence-electron chi connectivity index (χ4n) is 4.07. The van der Waals surface area contributed by atoms with Crippen LogP contribution in [-0.2, 0) is 0 Å².